The Hall–Kier alpha value is -0.450. The Bertz CT molecular complexity index is 401. The Morgan fingerprint density at radius 2 is 2.00 bits per heavy atom. The van der Waals surface area contributed by atoms with Crippen LogP contribution in [0.1, 0.15) is 80.1 Å². The van der Waals surface area contributed by atoms with Crippen molar-refractivity contribution in [3.8, 4) is 0 Å². The smallest absolute Gasteiger partial charge is 0.224 e. The van der Waals surface area contributed by atoms with Gasteiger partial charge in [-0.15, -0.1) is 6.58 Å². The Kier molecular flexibility index (Phi) is 6.83. The van der Waals surface area contributed by atoms with Gasteiger partial charge < -0.3 is 5.11 Å². The van der Waals surface area contributed by atoms with E-state index in [0.29, 0.717) is 19.3 Å². The van der Waals surface area contributed by atoms with Crippen LogP contribution >= 0.6 is 0 Å². The number of piperidine rings is 1. The van der Waals surface area contributed by atoms with E-state index in [2.05, 4.69) is 34.3 Å². The third-order valence-corrected chi connectivity index (χ3v) is 5.95. The van der Waals surface area contributed by atoms with Gasteiger partial charge in [0.25, 0.3) is 0 Å². The highest BCUT2D eigenvalue weighted by Crippen LogP contribution is 2.47. The molecule has 1 saturated heterocycles. The van der Waals surface area contributed by atoms with E-state index in [4.69, 9.17) is 4.84 Å². The Balaban J connectivity index is 3.07. The maximum atomic E-state index is 15.0. The first-order valence-electron chi connectivity index (χ1n) is 9.03. The minimum atomic E-state index is -1.71. The van der Waals surface area contributed by atoms with Crippen LogP contribution in [0.15, 0.2) is 12.7 Å². The largest absolute Gasteiger partial charge is 0.393 e. The monoisotopic (exact) mass is 329 g/mol. The summed E-state index contributed by atoms with van der Waals surface area (Å²) in [7, 11) is 0. The molecule has 5 atom stereocenters. The molecule has 0 bridgehead atoms. The molecule has 1 N–H and O–H groups in total. The highest BCUT2D eigenvalue weighted by atomic mass is 19.2. The summed E-state index contributed by atoms with van der Waals surface area (Å²) in [5.41, 5.74) is -0.767. The first-order chi connectivity index (χ1) is 10.6. The SMILES string of the molecule is C=CCCCC(C)(F)ON1C(C)(CC)CC(O)C(C)C1(C)CC. The van der Waals surface area contributed by atoms with E-state index in [1.54, 1.807) is 0 Å². The molecule has 136 valence electrons. The summed E-state index contributed by atoms with van der Waals surface area (Å²) in [6.07, 6.45) is 5.45. The third-order valence-electron chi connectivity index (χ3n) is 5.95. The van der Waals surface area contributed by atoms with E-state index in [1.165, 1.54) is 6.92 Å². The quantitative estimate of drug-likeness (QED) is 0.502. The van der Waals surface area contributed by atoms with Crippen LogP contribution in [0.3, 0.4) is 0 Å². The molecule has 3 nitrogen and oxygen atoms in total. The molecule has 23 heavy (non-hydrogen) atoms. The molecular formula is C19H36FNO2. The first-order valence-corrected chi connectivity index (χ1v) is 9.03. The lowest BCUT2D eigenvalue weighted by Gasteiger charge is -2.59. The van der Waals surface area contributed by atoms with Crippen LogP contribution in [0.2, 0.25) is 0 Å². The fraction of sp³-hybridized carbons (Fsp3) is 0.895. The molecule has 1 aliphatic heterocycles. The number of aliphatic hydroxyl groups excluding tert-OH is 1. The second-order valence-corrected chi connectivity index (χ2v) is 7.79. The van der Waals surface area contributed by atoms with Gasteiger partial charge in [0, 0.05) is 23.4 Å². The number of hydrogen-bond donors (Lipinski definition) is 1. The van der Waals surface area contributed by atoms with E-state index in [0.717, 1.165) is 19.3 Å². The number of halogens is 1. The molecule has 1 rings (SSSR count). The third kappa shape index (κ3) is 4.34. The molecule has 0 radical (unpaired) electrons. The van der Waals surface area contributed by atoms with E-state index in [-0.39, 0.29) is 11.5 Å². The van der Waals surface area contributed by atoms with Crippen LogP contribution in [0.4, 0.5) is 4.39 Å². The minimum absolute atomic E-state index is 0.0242. The molecule has 4 heteroatoms. The minimum Gasteiger partial charge on any atom is -0.393 e. The molecule has 1 heterocycles. The van der Waals surface area contributed by atoms with Gasteiger partial charge in [-0.2, -0.15) is 5.06 Å². The van der Waals surface area contributed by atoms with Crippen molar-refractivity contribution in [1.82, 2.24) is 5.06 Å². The van der Waals surface area contributed by atoms with Crippen molar-refractivity contribution in [2.75, 3.05) is 0 Å². The maximum absolute atomic E-state index is 15.0. The standard InChI is InChI=1S/C19H36FNO2/c1-8-11-12-13-19(7,20)23-21-17(5,9-2)14-16(22)15(4)18(21,6)10-3/h8,15-16,22H,1,9-14H2,2-7H3. The average molecular weight is 330 g/mol. The Morgan fingerprint density at radius 1 is 1.39 bits per heavy atom. The lowest BCUT2D eigenvalue weighted by atomic mass is 9.69. The van der Waals surface area contributed by atoms with Crippen LogP contribution in [0, 0.1) is 5.92 Å². The topological polar surface area (TPSA) is 32.7 Å². The van der Waals surface area contributed by atoms with Gasteiger partial charge in [0.1, 0.15) is 0 Å². The zero-order chi connectivity index (χ0) is 17.9. The number of allylic oxidation sites excluding steroid dienone is 1. The number of aliphatic hydroxyl groups is 1. The van der Waals surface area contributed by atoms with Crippen LogP contribution < -0.4 is 0 Å². The van der Waals surface area contributed by atoms with Crippen LogP contribution in [-0.2, 0) is 4.84 Å². The van der Waals surface area contributed by atoms with Crippen LogP contribution in [0.5, 0.6) is 0 Å². The van der Waals surface area contributed by atoms with Crippen molar-refractivity contribution in [3.63, 3.8) is 0 Å². The summed E-state index contributed by atoms with van der Waals surface area (Å²) < 4.78 is 15.0. The molecule has 1 fully saturated rings. The van der Waals surface area contributed by atoms with Crippen molar-refractivity contribution in [2.45, 2.75) is 103 Å². The highest BCUT2D eigenvalue weighted by molar-refractivity contribution is 5.04. The van der Waals surface area contributed by atoms with E-state index >= 15 is 4.39 Å². The Labute approximate surface area is 141 Å². The van der Waals surface area contributed by atoms with Crippen molar-refractivity contribution < 1.29 is 14.3 Å². The van der Waals surface area contributed by atoms with Gasteiger partial charge in [-0.05, 0) is 52.9 Å². The number of hydroxylamine groups is 2. The summed E-state index contributed by atoms with van der Waals surface area (Å²) in [4.78, 5) is 5.98. The van der Waals surface area contributed by atoms with Crippen molar-refractivity contribution in [3.05, 3.63) is 12.7 Å². The number of alkyl halides is 1. The van der Waals surface area contributed by atoms with Gasteiger partial charge in [0.05, 0.1) is 6.10 Å². The molecule has 0 aliphatic carbocycles. The van der Waals surface area contributed by atoms with Gasteiger partial charge in [-0.25, -0.2) is 4.39 Å². The highest BCUT2D eigenvalue weighted by Gasteiger charge is 2.55. The number of hydrogen-bond acceptors (Lipinski definition) is 3. The maximum Gasteiger partial charge on any atom is 0.224 e. The summed E-state index contributed by atoms with van der Waals surface area (Å²) in [5.74, 6) is -1.69. The molecule has 0 amide bonds. The molecular weight excluding hydrogens is 293 g/mol. The summed E-state index contributed by atoms with van der Waals surface area (Å²) in [6, 6.07) is 0. The number of rotatable bonds is 8. The molecule has 5 unspecified atom stereocenters. The zero-order valence-electron chi connectivity index (χ0n) is 15.9. The van der Waals surface area contributed by atoms with Gasteiger partial charge in [0.15, 0.2) is 0 Å². The van der Waals surface area contributed by atoms with Gasteiger partial charge in [-0.3, -0.25) is 4.84 Å². The van der Waals surface area contributed by atoms with Gasteiger partial charge >= 0.3 is 0 Å². The first kappa shape index (κ1) is 20.6. The fourth-order valence-electron chi connectivity index (χ4n) is 3.69. The van der Waals surface area contributed by atoms with Crippen molar-refractivity contribution in [1.29, 1.82) is 0 Å². The van der Waals surface area contributed by atoms with E-state index in [1.807, 2.05) is 18.1 Å². The molecule has 0 aromatic rings. The van der Waals surface area contributed by atoms with Crippen LogP contribution in [0.25, 0.3) is 0 Å². The summed E-state index contributed by atoms with van der Waals surface area (Å²) in [6.45, 7) is 15.5. The Morgan fingerprint density at radius 3 is 2.48 bits per heavy atom. The number of unbranched alkanes of at least 4 members (excludes halogenated alkanes) is 1. The lowest BCUT2D eigenvalue weighted by molar-refractivity contribution is -0.387. The van der Waals surface area contributed by atoms with Gasteiger partial charge in [-0.1, -0.05) is 26.8 Å². The molecule has 0 saturated carbocycles. The average Bonchev–Trinajstić information content (AvgIpc) is 2.50. The predicted molar refractivity (Wildman–Crippen MR) is 93.7 cm³/mol. The lowest BCUT2D eigenvalue weighted by Crippen LogP contribution is -2.68. The van der Waals surface area contributed by atoms with E-state index in [9.17, 15) is 5.11 Å². The molecule has 0 aromatic carbocycles. The fourth-order valence-corrected chi connectivity index (χ4v) is 3.69. The normalized spacial score (nSPS) is 38.3. The molecule has 0 aromatic heterocycles. The molecule has 1 aliphatic rings. The second kappa shape index (κ2) is 7.62. The van der Waals surface area contributed by atoms with Gasteiger partial charge in [0.2, 0.25) is 5.85 Å². The number of nitrogens with zero attached hydrogens (tertiary/aromatic N) is 1. The predicted octanol–water partition coefficient (Wildman–Crippen LogP) is 5.00. The molecule has 0 spiro atoms. The van der Waals surface area contributed by atoms with Crippen LogP contribution in [-0.4, -0.2) is 33.2 Å². The summed E-state index contributed by atoms with van der Waals surface area (Å²) in [5, 5.41) is 12.4. The van der Waals surface area contributed by atoms with E-state index < -0.39 is 17.5 Å². The van der Waals surface area contributed by atoms with Crippen molar-refractivity contribution in [2.24, 2.45) is 5.92 Å². The second-order valence-electron chi connectivity index (χ2n) is 7.79. The van der Waals surface area contributed by atoms with Crippen molar-refractivity contribution >= 4 is 0 Å². The zero-order valence-corrected chi connectivity index (χ0v) is 15.9. The summed E-state index contributed by atoms with van der Waals surface area (Å²) >= 11 is 0.